The van der Waals surface area contributed by atoms with Gasteiger partial charge in [-0.1, -0.05) is 0 Å². The van der Waals surface area contributed by atoms with Crippen molar-refractivity contribution in [1.82, 2.24) is 20.2 Å². The fraction of sp³-hybridized carbons (Fsp3) is 0.762. The number of carbonyl (C=O) groups is 1. The molecule has 2 N–H and O–H groups in total. The highest BCUT2D eigenvalue weighted by molar-refractivity contribution is 5.83. The van der Waals surface area contributed by atoms with Crippen molar-refractivity contribution in [2.75, 3.05) is 44.2 Å². The summed E-state index contributed by atoms with van der Waals surface area (Å²) in [5, 5.41) is 14.1. The van der Waals surface area contributed by atoms with Crippen LogP contribution in [0.2, 0.25) is 0 Å². The van der Waals surface area contributed by atoms with E-state index in [1.807, 2.05) is 6.07 Å². The molecular weight excluding hydrogens is 354 g/mol. The van der Waals surface area contributed by atoms with Gasteiger partial charge in [-0.25, -0.2) is 9.97 Å². The van der Waals surface area contributed by atoms with E-state index in [4.69, 9.17) is 0 Å². The summed E-state index contributed by atoms with van der Waals surface area (Å²) in [5.74, 6) is 2.09. The molecule has 28 heavy (non-hydrogen) atoms. The quantitative estimate of drug-likeness (QED) is 0.788. The molecule has 1 saturated heterocycles. The predicted molar refractivity (Wildman–Crippen MR) is 106 cm³/mol. The van der Waals surface area contributed by atoms with Gasteiger partial charge in [0.05, 0.1) is 11.0 Å². The van der Waals surface area contributed by atoms with E-state index in [2.05, 4.69) is 25.1 Å². The minimum absolute atomic E-state index is 0.191. The number of aromatic nitrogens is 2. The molecule has 1 aromatic heterocycles. The maximum absolute atomic E-state index is 13.1. The normalized spacial score (nSPS) is 37.2. The highest BCUT2D eigenvalue weighted by atomic mass is 16.3. The van der Waals surface area contributed by atoms with E-state index in [0.717, 1.165) is 64.4 Å². The predicted octanol–water partition coefficient (Wildman–Crippen LogP) is 1.05. The first-order valence-electron chi connectivity index (χ1n) is 10.8. The summed E-state index contributed by atoms with van der Waals surface area (Å²) in [5.41, 5.74) is -0.876. The van der Waals surface area contributed by atoms with Crippen LogP contribution in [0.25, 0.3) is 0 Å². The van der Waals surface area contributed by atoms with Crippen LogP contribution in [0.15, 0.2) is 18.5 Å². The van der Waals surface area contributed by atoms with Gasteiger partial charge in [0.15, 0.2) is 0 Å². The average molecular weight is 386 g/mol. The highest BCUT2D eigenvalue weighted by Crippen LogP contribution is 2.61. The minimum atomic E-state index is -0.572. The van der Waals surface area contributed by atoms with Crippen molar-refractivity contribution in [2.45, 2.75) is 44.1 Å². The van der Waals surface area contributed by atoms with E-state index in [1.54, 1.807) is 12.4 Å². The Bertz CT molecular complexity index is 705. The van der Waals surface area contributed by atoms with Crippen molar-refractivity contribution >= 4 is 11.9 Å². The molecule has 0 aromatic carbocycles. The van der Waals surface area contributed by atoms with Crippen LogP contribution < -0.4 is 10.2 Å². The molecule has 2 atom stereocenters. The van der Waals surface area contributed by atoms with Crippen LogP contribution in [0.5, 0.6) is 0 Å². The second-order valence-electron chi connectivity index (χ2n) is 9.60. The van der Waals surface area contributed by atoms with Crippen molar-refractivity contribution in [3.8, 4) is 0 Å². The summed E-state index contributed by atoms with van der Waals surface area (Å²) in [4.78, 5) is 26.3. The van der Waals surface area contributed by atoms with Gasteiger partial charge in [0, 0.05) is 51.7 Å². The summed E-state index contributed by atoms with van der Waals surface area (Å²) < 4.78 is 0. The molecule has 7 nitrogen and oxygen atoms in total. The van der Waals surface area contributed by atoms with Crippen molar-refractivity contribution in [2.24, 2.45) is 17.3 Å². The number of hydrogen-bond acceptors (Lipinski definition) is 6. The van der Waals surface area contributed by atoms with Crippen LogP contribution in [-0.4, -0.2) is 70.8 Å². The summed E-state index contributed by atoms with van der Waals surface area (Å²) in [6.45, 7) is 5.32. The lowest BCUT2D eigenvalue weighted by atomic mass is 9.47. The number of carbonyl (C=O) groups excluding carboxylic acids is 1. The first kappa shape index (κ1) is 18.3. The topological polar surface area (TPSA) is 81.6 Å². The van der Waals surface area contributed by atoms with E-state index < -0.39 is 5.60 Å². The van der Waals surface area contributed by atoms with Gasteiger partial charge in [-0.15, -0.1) is 0 Å². The van der Waals surface area contributed by atoms with E-state index in [1.165, 1.54) is 6.42 Å². The van der Waals surface area contributed by atoms with E-state index in [0.29, 0.717) is 24.8 Å². The summed E-state index contributed by atoms with van der Waals surface area (Å²) in [7, 11) is 0. The number of hydrogen-bond donors (Lipinski definition) is 2. The van der Waals surface area contributed by atoms with Crippen molar-refractivity contribution < 1.29 is 9.90 Å². The number of aliphatic hydroxyl groups is 1. The molecule has 5 aliphatic rings. The molecule has 2 unspecified atom stereocenters. The zero-order valence-corrected chi connectivity index (χ0v) is 16.5. The second-order valence-corrected chi connectivity index (χ2v) is 9.60. The second kappa shape index (κ2) is 6.95. The lowest BCUT2D eigenvalue weighted by Gasteiger charge is -2.59. The van der Waals surface area contributed by atoms with Crippen LogP contribution >= 0.6 is 0 Å². The standard InChI is InChI=1S/C21H31N5O2/c27-18(20-11-16-10-17(12-20)14-21(28,13-16)15-20)22-4-5-25-6-8-26(9-7-25)19-23-2-1-3-24-19/h1-3,16-17,28H,4-15H2,(H,22,27). The van der Waals surface area contributed by atoms with Gasteiger partial charge in [0.2, 0.25) is 11.9 Å². The Kier molecular flexibility index (Phi) is 4.55. The monoisotopic (exact) mass is 385 g/mol. The van der Waals surface area contributed by atoms with Gasteiger partial charge >= 0.3 is 0 Å². The molecule has 0 radical (unpaired) electrons. The number of nitrogens with zero attached hydrogens (tertiary/aromatic N) is 4. The van der Waals surface area contributed by atoms with E-state index in [9.17, 15) is 9.90 Å². The zero-order valence-electron chi connectivity index (χ0n) is 16.5. The third-order valence-corrected chi connectivity index (χ3v) is 7.43. The Morgan fingerprint density at radius 2 is 1.79 bits per heavy atom. The molecule has 152 valence electrons. The maximum Gasteiger partial charge on any atom is 0.226 e. The van der Waals surface area contributed by atoms with Gasteiger partial charge in [0.25, 0.3) is 0 Å². The Labute approximate surface area is 166 Å². The van der Waals surface area contributed by atoms with E-state index >= 15 is 0 Å². The molecule has 1 aliphatic heterocycles. The Morgan fingerprint density at radius 3 is 2.43 bits per heavy atom. The van der Waals surface area contributed by atoms with Crippen LogP contribution in [0.3, 0.4) is 0 Å². The van der Waals surface area contributed by atoms with Crippen LogP contribution in [0.1, 0.15) is 38.5 Å². The SMILES string of the molecule is O=C(NCCN1CCN(c2ncccn2)CC1)C12CC3CC(CC(O)(C3)C1)C2. The number of amides is 1. The average Bonchev–Trinajstić information content (AvgIpc) is 2.67. The summed E-state index contributed by atoms with van der Waals surface area (Å²) >= 11 is 0. The fourth-order valence-electron chi connectivity index (χ4n) is 6.62. The molecular formula is C21H31N5O2. The largest absolute Gasteiger partial charge is 0.390 e. The third-order valence-electron chi connectivity index (χ3n) is 7.43. The van der Waals surface area contributed by atoms with Crippen molar-refractivity contribution in [3.05, 3.63) is 18.5 Å². The van der Waals surface area contributed by atoms with Gasteiger partial charge in [0.1, 0.15) is 0 Å². The lowest BCUT2D eigenvalue weighted by Crippen LogP contribution is -2.60. The molecule has 7 heteroatoms. The Balaban J connectivity index is 1.10. The molecule has 4 bridgehead atoms. The van der Waals surface area contributed by atoms with Crippen molar-refractivity contribution in [3.63, 3.8) is 0 Å². The first-order valence-corrected chi connectivity index (χ1v) is 10.8. The molecule has 2 heterocycles. The number of piperazine rings is 1. The number of nitrogens with one attached hydrogen (secondary N) is 1. The van der Waals surface area contributed by atoms with E-state index in [-0.39, 0.29) is 11.3 Å². The number of rotatable bonds is 5. The minimum Gasteiger partial charge on any atom is -0.390 e. The summed E-state index contributed by atoms with van der Waals surface area (Å²) in [6, 6.07) is 1.84. The van der Waals surface area contributed by atoms with Gasteiger partial charge in [-0.2, -0.15) is 0 Å². The molecule has 0 spiro atoms. The number of anilines is 1. The lowest BCUT2D eigenvalue weighted by molar-refractivity contribution is -0.178. The third kappa shape index (κ3) is 3.39. The molecule has 4 saturated carbocycles. The molecule has 1 amide bonds. The van der Waals surface area contributed by atoms with Crippen LogP contribution in [0.4, 0.5) is 5.95 Å². The zero-order chi connectivity index (χ0) is 19.2. The van der Waals surface area contributed by atoms with Gasteiger partial charge < -0.3 is 15.3 Å². The van der Waals surface area contributed by atoms with Crippen LogP contribution in [0, 0.1) is 17.3 Å². The van der Waals surface area contributed by atoms with Gasteiger partial charge in [-0.3, -0.25) is 9.69 Å². The Morgan fingerprint density at radius 1 is 1.11 bits per heavy atom. The van der Waals surface area contributed by atoms with Gasteiger partial charge in [-0.05, 0) is 56.4 Å². The summed E-state index contributed by atoms with van der Waals surface area (Å²) in [6.07, 6.45) is 9.24. The first-order chi connectivity index (χ1) is 13.5. The van der Waals surface area contributed by atoms with Crippen molar-refractivity contribution in [1.29, 1.82) is 0 Å². The Hall–Kier alpha value is -1.73. The molecule has 4 aliphatic carbocycles. The molecule has 6 rings (SSSR count). The highest BCUT2D eigenvalue weighted by Gasteiger charge is 2.60. The van der Waals surface area contributed by atoms with Crippen LogP contribution in [-0.2, 0) is 4.79 Å². The molecule has 5 fully saturated rings. The maximum atomic E-state index is 13.1. The fourth-order valence-corrected chi connectivity index (χ4v) is 6.62. The smallest absolute Gasteiger partial charge is 0.226 e. The molecule has 1 aromatic rings.